The van der Waals surface area contributed by atoms with Crippen molar-refractivity contribution < 1.29 is 5.11 Å². The second kappa shape index (κ2) is 9.68. The maximum absolute atomic E-state index is 10.3. The summed E-state index contributed by atoms with van der Waals surface area (Å²) in [5.41, 5.74) is 11.7. The molecule has 1 saturated heterocycles. The lowest BCUT2D eigenvalue weighted by molar-refractivity contribution is 0.172. The quantitative estimate of drug-likeness (QED) is 0.334. The first-order valence-electron chi connectivity index (χ1n) is 12.6. The van der Waals surface area contributed by atoms with Crippen molar-refractivity contribution >= 4 is 22.2 Å². The van der Waals surface area contributed by atoms with Crippen molar-refractivity contribution in [3.8, 4) is 22.5 Å². The molecule has 0 radical (unpaired) electrons. The SMILES string of the molecule is Nc1nccn2c([C@H](CO)CCCN3CCC3)nc(-c3ccc4ccc(-c5ccccc5)nc4c3)c12. The van der Waals surface area contributed by atoms with Gasteiger partial charge in [-0.15, -0.1) is 0 Å². The molecular formula is C29H30N6O. The van der Waals surface area contributed by atoms with Gasteiger partial charge >= 0.3 is 0 Å². The van der Waals surface area contributed by atoms with Gasteiger partial charge in [-0.25, -0.2) is 15.0 Å². The van der Waals surface area contributed by atoms with E-state index in [-0.39, 0.29) is 12.5 Å². The summed E-state index contributed by atoms with van der Waals surface area (Å²) in [6.45, 7) is 3.48. The first kappa shape index (κ1) is 22.6. The number of rotatable bonds is 8. The van der Waals surface area contributed by atoms with Gasteiger partial charge in [0.15, 0.2) is 0 Å². The van der Waals surface area contributed by atoms with Gasteiger partial charge in [-0.1, -0.05) is 48.5 Å². The van der Waals surface area contributed by atoms with Crippen LogP contribution in [0.2, 0.25) is 0 Å². The largest absolute Gasteiger partial charge is 0.396 e. The Bertz CT molecular complexity index is 1510. The molecule has 1 aliphatic rings. The fraction of sp³-hybridized carbons (Fsp3) is 0.276. The number of hydrogen-bond acceptors (Lipinski definition) is 6. The third-order valence-electron chi connectivity index (χ3n) is 7.21. The Morgan fingerprint density at radius 1 is 0.972 bits per heavy atom. The molecule has 1 atom stereocenters. The van der Waals surface area contributed by atoms with E-state index in [4.69, 9.17) is 15.7 Å². The summed E-state index contributed by atoms with van der Waals surface area (Å²) >= 11 is 0. The molecule has 7 nitrogen and oxygen atoms in total. The number of aliphatic hydroxyl groups excluding tert-OH is 1. The Morgan fingerprint density at radius 2 is 1.81 bits per heavy atom. The van der Waals surface area contributed by atoms with E-state index >= 15 is 0 Å². The van der Waals surface area contributed by atoms with E-state index in [0.717, 1.165) is 64.1 Å². The second-order valence-electron chi connectivity index (χ2n) is 9.54. The minimum Gasteiger partial charge on any atom is -0.396 e. The van der Waals surface area contributed by atoms with Crippen LogP contribution >= 0.6 is 0 Å². The number of pyridine rings is 1. The van der Waals surface area contributed by atoms with Crippen LogP contribution in [0.4, 0.5) is 5.82 Å². The molecule has 1 aliphatic heterocycles. The van der Waals surface area contributed by atoms with Gasteiger partial charge in [0.2, 0.25) is 0 Å². The molecule has 0 spiro atoms. The second-order valence-corrected chi connectivity index (χ2v) is 9.54. The number of benzene rings is 2. The van der Waals surface area contributed by atoms with Crippen LogP contribution < -0.4 is 5.73 Å². The lowest BCUT2D eigenvalue weighted by Crippen LogP contribution is -2.37. The number of fused-ring (bicyclic) bond motifs is 2. The van der Waals surface area contributed by atoms with Crippen molar-refractivity contribution in [2.24, 2.45) is 0 Å². The molecule has 0 unspecified atom stereocenters. The number of aliphatic hydroxyl groups is 1. The highest BCUT2D eigenvalue weighted by molar-refractivity contribution is 5.91. The van der Waals surface area contributed by atoms with E-state index in [9.17, 15) is 5.11 Å². The molecule has 1 fully saturated rings. The molecular weight excluding hydrogens is 448 g/mol. The van der Waals surface area contributed by atoms with Crippen LogP contribution in [0.25, 0.3) is 38.9 Å². The smallest absolute Gasteiger partial charge is 0.150 e. The summed E-state index contributed by atoms with van der Waals surface area (Å²) in [5, 5.41) is 11.3. The third-order valence-corrected chi connectivity index (χ3v) is 7.21. The maximum Gasteiger partial charge on any atom is 0.150 e. The number of anilines is 1. The van der Waals surface area contributed by atoms with Crippen molar-refractivity contribution in [2.45, 2.75) is 25.2 Å². The zero-order chi connectivity index (χ0) is 24.5. The lowest BCUT2D eigenvalue weighted by atomic mass is 10.0. The number of aromatic nitrogens is 4. The van der Waals surface area contributed by atoms with Crippen molar-refractivity contribution in [2.75, 3.05) is 32.0 Å². The average molecular weight is 479 g/mol. The van der Waals surface area contributed by atoms with Crippen LogP contribution in [-0.2, 0) is 0 Å². The summed E-state index contributed by atoms with van der Waals surface area (Å²) < 4.78 is 2.00. The number of imidazole rings is 1. The number of nitrogen functional groups attached to an aromatic ring is 1. The zero-order valence-corrected chi connectivity index (χ0v) is 20.2. The molecule has 0 amide bonds. The molecule has 4 heterocycles. The van der Waals surface area contributed by atoms with Gasteiger partial charge in [0.1, 0.15) is 22.9 Å². The van der Waals surface area contributed by atoms with Crippen LogP contribution in [0.5, 0.6) is 0 Å². The van der Waals surface area contributed by atoms with Crippen LogP contribution in [0.15, 0.2) is 73.1 Å². The zero-order valence-electron chi connectivity index (χ0n) is 20.2. The summed E-state index contributed by atoms with van der Waals surface area (Å²) in [7, 11) is 0. The summed E-state index contributed by atoms with van der Waals surface area (Å²) in [6.07, 6.45) is 6.77. The fourth-order valence-electron chi connectivity index (χ4n) is 5.08. The molecule has 5 aromatic rings. The van der Waals surface area contributed by atoms with Gasteiger partial charge < -0.3 is 15.7 Å². The van der Waals surface area contributed by atoms with E-state index in [0.29, 0.717) is 5.82 Å². The lowest BCUT2D eigenvalue weighted by Gasteiger charge is -2.30. The maximum atomic E-state index is 10.3. The molecule has 182 valence electrons. The molecule has 6 rings (SSSR count). The number of likely N-dealkylation sites (tertiary alicyclic amines) is 1. The molecule has 0 saturated carbocycles. The van der Waals surface area contributed by atoms with Crippen LogP contribution in [0.1, 0.15) is 31.0 Å². The van der Waals surface area contributed by atoms with Gasteiger partial charge in [-0.05, 0) is 51.0 Å². The molecule has 0 bridgehead atoms. The summed E-state index contributed by atoms with van der Waals surface area (Å²) in [4.78, 5) is 16.8. The Labute approximate surface area is 210 Å². The number of nitrogens with zero attached hydrogens (tertiary/aromatic N) is 5. The monoisotopic (exact) mass is 478 g/mol. The highest BCUT2D eigenvalue weighted by atomic mass is 16.3. The van der Waals surface area contributed by atoms with Crippen LogP contribution in [-0.4, -0.2) is 55.6 Å². The van der Waals surface area contributed by atoms with Gasteiger partial charge in [0.05, 0.1) is 17.8 Å². The third kappa shape index (κ3) is 4.21. The number of nitrogens with two attached hydrogens (primary N) is 1. The Kier molecular flexibility index (Phi) is 6.09. The Balaban J connectivity index is 1.40. The Hall–Kier alpha value is -3.81. The Morgan fingerprint density at radius 3 is 2.58 bits per heavy atom. The van der Waals surface area contributed by atoms with Gasteiger partial charge in [0, 0.05) is 34.8 Å². The van der Waals surface area contributed by atoms with E-state index in [1.165, 1.54) is 19.5 Å². The van der Waals surface area contributed by atoms with Crippen molar-refractivity contribution in [3.05, 3.63) is 78.9 Å². The minimum absolute atomic E-state index is 0.0422. The van der Waals surface area contributed by atoms with E-state index < -0.39 is 0 Å². The highest BCUT2D eigenvalue weighted by Gasteiger charge is 2.23. The number of hydrogen-bond donors (Lipinski definition) is 2. The molecule has 2 aromatic carbocycles. The fourth-order valence-corrected chi connectivity index (χ4v) is 5.08. The average Bonchev–Trinajstić information content (AvgIpc) is 3.28. The predicted octanol–water partition coefficient (Wildman–Crippen LogP) is 4.76. The normalized spacial score (nSPS) is 14.8. The summed E-state index contributed by atoms with van der Waals surface area (Å²) in [6, 6.07) is 20.5. The van der Waals surface area contributed by atoms with Crippen molar-refractivity contribution in [3.63, 3.8) is 0 Å². The molecule has 7 heteroatoms. The molecule has 3 aromatic heterocycles. The van der Waals surface area contributed by atoms with Gasteiger partial charge in [-0.3, -0.25) is 4.40 Å². The van der Waals surface area contributed by atoms with E-state index in [1.807, 2.05) is 28.8 Å². The molecule has 0 aliphatic carbocycles. The van der Waals surface area contributed by atoms with Crippen LogP contribution in [0.3, 0.4) is 0 Å². The van der Waals surface area contributed by atoms with Gasteiger partial charge in [0.25, 0.3) is 0 Å². The van der Waals surface area contributed by atoms with Gasteiger partial charge in [-0.2, -0.15) is 0 Å². The topological polar surface area (TPSA) is 92.6 Å². The van der Waals surface area contributed by atoms with Crippen molar-refractivity contribution in [1.29, 1.82) is 0 Å². The van der Waals surface area contributed by atoms with E-state index in [2.05, 4.69) is 52.3 Å². The first-order valence-corrected chi connectivity index (χ1v) is 12.6. The van der Waals surface area contributed by atoms with Crippen molar-refractivity contribution in [1.82, 2.24) is 24.3 Å². The molecule has 36 heavy (non-hydrogen) atoms. The van der Waals surface area contributed by atoms with Crippen LogP contribution in [0, 0.1) is 0 Å². The van der Waals surface area contributed by atoms with E-state index in [1.54, 1.807) is 6.20 Å². The first-order chi connectivity index (χ1) is 17.7. The summed E-state index contributed by atoms with van der Waals surface area (Å²) in [5.74, 6) is 1.18. The standard InChI is InChI=1S/C29H30N6O/c30-28-27-26(22-10-9-21-11-12-24(32-25(21)18-22)20-6-2-1-3-7-20)33-29(35(27)17-13-31-28)23(19-36)8-4-14-34-15-5-16-34/h1-3,6-7,9-13,17-18,23,36H,4-5,8,14-16,19H2,(H2,30,31)/t23-/m0/s1. The highest BCUT2D eigenvalue weighted by Crippen LogP contribution is 2.33. The predicted molar refractivity (Wildman–Crippen MR) is 144 cm³/mol. The molecule has 3 N–H and O–H groups in total. The minimum atomic E-state index is -0.0717.